The van der Waals surface area contributed by atoms with Crippen LogP contribution in [0.15, 0.2) is 54.7 Å². The van der Waals surface area contributed by atoms with E-state index in [-0.39, 0.29) is 19.1 Å². The summed E-state index contributed by atoms with van der Waals surface area (Å²) < 4.78 is 23.8. The molecule has 9 nitrogen and oxygen atoms in total. The number of anilines is 1. The van der Waals surface area contributed by atoms with Crippen LogP contribution >= 0.6 is 0 Å². The minimum absolute atomic E-state index is 0. The zero-order chi connectivity index (χ0) is 31.6. The number of hydrogen-bond acceptors (Lipinski definition) is 5. The number of ether oxygens (including phenoxy) is 1. The van der Waals surface area contributed by atoms with Gasteiger partial charge < -0.3 is 15.4 Å². The molecule has 44 heavy (non-hydrogen) atoms. The summed E-state index contributed by atoms with van der Waals surface area (Å²) in [5.41, 5.74) is 6.19. The van der Waals surface area contributed by atoms with E-state index in [1.807, 2.05) is 48.9 Å². The van der Waals surface area contributed by atoms with Crippen LogP contribution in [0.1, 0.15) is 46.8 Å². The SMILES string of the molecule is Cc1nn(COCC[Si](C)(C)C)c(C)c1-c1ccc(NC(=O)C(NC(=O)c2ccnn2C)[C@H]2CCc3c(F)cccc32)cc1.[HH]. The smallest absolute Gasteiger partial charge is 0.270 e. The molecule has 1 aliphatic rings. The maximum atomic E-state index is 14.6. The van der Waals surface area contributed by atoms with Gasteiger partial charge in [0.05, 0.1) is 5.69 Å². The minimum Gasteiger partial charge on any atom is -0.360 e. The molecule has 0 saturated heterocycles. The maximum Gasteiger partial charge on any atom is 0.270 e. The average molecular weight is 619 g/mol. The predicted molar refractivity (Wildman–Crippen MR) is 174 cm³/mol. The van der Waals surface area contributed by atoms with Gasteiger partial charge in [-0.2, -0.15) is 10.2 Å². The van der Waals surface area contributed by atoms with E-state index < -0.39 is 20.0 Å². The van der Waals surface area contributed by atoms with Gasteiger partial charge in [0, 0.05) is 52.2 Å². The third-order valence-corrected chi connectivity index (χ3v) is 10.0. The number of amides is 2. The largest absolute Gasteiger partial charge is 0.360 e. The fourth-order valence-corrected chi connectivity index (χ4v) is 6.62. The van der Waals surface area contributed by atoms with E-state index in [0.29, 0.717) is 36.5 Å². The summed E-state index contributed by atoms with van der Waals surface area (Å²) in [7, 11) is 0.503. The first-order valence-electron chi connectivity index (χ1n) is 15.0. The Morgan fingerprint density at radius 2 is 1.89 bits per heavy atom. The first-order chi connectivity index (χ1) is 20.9. The molecule has 0 bridgehead atoms. The highest BCUT2D eigenvalue weighted by Gasteiger charge is 2.37. The van der Waals surface area contributed by atoms with Gasteiger partial charge in [0.2, 0.25) is 5.91 Å². The van der Waals surface area contributed by atoms with Gasteiger partial charge in [-0.15, -0.1) is 0 Å². The molecule has 4 aromatic rings. The molecule has 2 aromatic carbocycles. The Morgan fingerprint density at radius 3 is 2.57 bits per heavy atom. The van der Waals surface area contributed by atoms with Gasteiger partial charge in [-0.05, 0) is 73.7 Å². The van der Waals surface area contributed by atoms with Gasteiger partial charge in [0.25, 0.3) is 5.91 Å². The molecule has 0 spiro atoms. The number of nitrogens with one attached hydrogen (secondary N) is 2. The molecule has 2 heterocycles. The maximum absolute atomic E-state index is 14.6. The predicted octanol–water partition coefficient (Wildman–Crippen LogP) is 6.06. The van der Waals surface area contributed by atoms with Crippen molar-refractivity contribution < 1.29 is 20.1 Å². The lowest BCUT2D eigenvalue weighted by Gasteiger charge is -2.25. The first-order valence-corrected chi connectivity index (χ1v) is 18.7. The zero-order valence-electron chi connectivity index (χ0n) is 26.3. The monoisotopic (exact) mass is 618 g/mol. The molecule has 0 radical (unpaired) electrons. The Labute approximate surface area is 260 Å². The second-order valence-corrected chi connectivity index (χ2v) is 18.3. The molecule has 2 aromatic heterocycles. The molecular weight excluding hydrogens is 575 g/mol. The van der Waals surface area contributed by atoms with Crippen molar-refractivity contribution in [2.45, 2.75) is 71.1 Å². The highest BCUT2D eigenvalue weighted by molar-refractivity contribution is 6.76. The second-order valence-electron chi connectivity index (χ2n) is 12.7. The van der Waals surface area contributed by atoms with E-state index in [4.69, 9.17) is 9.84 Å². The molecule has 11 heteroatoms. The van der Waals surface area contributed by atoms with Crippen LogP contribution in [0.2, 0.25) is 25.7 Å². The van der Waals surface area contributed by atoms with Crippen molar-refractivity contribution >= 4 is 25.6 Å². The number of nitrogens with zero attached hydrogens (tertiary/aromatic N) is 4. The summed E-state index contributed by atoms with van der Waals surface area (Å²) in [5.74, 6) is -1.45. The lowest BCUT2D eigenvalue weighted by Crippen LogP contribution is -2.47. The van der Waals surface area contributed by atoms with Crippen LogP contribution in [0.5, 0.6) is 0 Å². The standard InChI is InChI=1S/C33H41FN6O3Si.H2/c1-21-30(22(2)40(38-21)20-43-18-19-44(4,5)6)23-10-12-24(13-11-23)36-33(42)31(37-32(41)29-16-17-35-39(29)3)27-15-14-26-25(27)8-7-9-28(26)34;/h7-13,16-17,27,31H,14-15,18-20H2,1-6H3,(H,36,42)(H,37,41);1H/t27-,31?;/m0./s1. The highest BCUT2D eigenvalue weighted by atomic mass is 28.3. The normalized spacial score (nSPS) is 15.2. The molecule has 2 atom stereocenters. The van der Waals surface area contributed by atoms with Gasteiger partial charge in [0.1, 0.15) is 24.3 Å². The summed E-state index contributed by atoms with van der Waals surface area (Å²) in [6.07, 6.45) is 2.58. The number of aryl methyl sites for hydroxylation is 2. The lowest BCUT2D eigenvalue weighted by atomic mass is 9.92. The minimum atomic E-state index is -1.16. The van der Waals surface area contributed by atoms with Crippen molar-refractivity contribution in [3.05, 3.63) is 88.8 Å². The van der Waals surface area contributed by atoms with E-state index in [1.54, 1.807) is 19.2 Å². The molecule has 0 saturated carbocycles. The van der Waals surface area contributed by atoms with Gasteiger partial charge in [-0.1, -0.05) is 43.9 Å². The van der Waals surface area contributed by atoms with Crippen molar-refractivity contribution in [1.29, 1.82) is 0 Å². The molecule has 234 valence electrons. The molecule has 1 aliphatic carbocycles. The summed E-state index contributed by atoms with van der Waals surface area (Å²) in [4.78, 5) is 27.0. The van der Waals surface area contributed by atoms with Crippen molar-refractivity contribution in [3.8, 4) is 11.1 Å². The van der Waals surface area contributed by atoms with Crippen LogP contribution in [0.25, 0.3) is 11.1 Å². The molecule has 2 N–H and O–H groups in total. The molecule has 0 fully saturated rings. The van der Waals surface area contributed by atoms with Gasteiger partial charge in [-0.25, -0.2) is 9.07 Å². The zero-order valence-corrected chi connectivity index (χ0v) is 27.3. The quantitative estimate of drug-likeness (QED) is 0.157. The number of hydrogen-bond donors (Lipinski definition) is 2. The Balaban J connectivity index is 0.00000461. The van der Waals surface area contributed by atoms with Crippen molar-refractivity contribution in [2.24, 2.45) is 7.05 Å². The number of benzene rings is 2. The summed E-state index contributed by atoms with van der Waals surface area (Å²) in [6, 6.07) is 14.3. The number of rotatable bonds is 11. The van der Waals surface area contributed by atoms with E-state index in [0.717, 1.165) is 40.7 Å². The van der Waals surface area contributed by atoms with Crippen molar-refractivity contribution in [2.75, 3.05) is 11.9 Å². The molecule has 0 aliphatic heterocycles. The van der Waals surface area contributed by atoms with Crippen LogP contribution in [0.4, 0.5) is 10.1 Å². The van der Waals surface area contributed by atoms with Crippen molar-refractivity contribution in [1.82, 2.24) is 24.9 Å². The fraction of sp³-hybridized carbons (Fsp3) is 0.394. The lowest BCUT2D eigenvalue weighted by molar-refractivity contribution is -0.118. The first kappa shape index (κ1) is 31.3. The second kappa shape index (κ2) is 12.9. The van der Waals surface area contributed by atoms with Gasteiger partial charge >= 0.3 is 0 Å². The van der Waals surface area contributed by atoms with E-state index in [1.165, 1.54) is 16.9 Å². The van der Waals surface area contributed by atoms with Crippen molar-refractivity contribution in [3.63, 3.8) is 0 Å². The third-order valence-electron chi connectivity index (χ3n) is 8.32. The topological polar surface area (TPSA) is 103 Å². The van der Waals surface area contributed by atoms with Crippen LogP contribution in [0, 0.1) is 19.7 Å². The fourth-order valence-electron chi connectivity index (χ4n) is 5.86. The molecule has 5 rings (SSSR count). The van der Waals surface area contributed by atoms with Crippen LogP contribution in [-0.4, -0.2) is 52.1 Å². The number of carbonyl (C=O) groups excluding carboxylic acids is 2. The third kappa shape index (κ3) is 6.84. The van der Waals surface area contributed by atoms with Crippen LogP contribution in [0.3, 0.4) is 0 Å². The number of fused-ring (bicyclic) bond motifs is 1. The Bertz CT molecular complexity index is 1660. The average Bonchev–Trinajstić information content (AvgIpc) is 3.67. The van der Waals surface area contributed by atoms with Gasteiger partial charge in [0.15, 0.2) is 0 Å². The molecule has 2 amide bonds. The highest BCUT2D eigenvalue weighted by Crippen LogP contribution is 2.37. The number of halogens is 1. The molecule has 1 unspecified atom stereocenters. The molecular formula is C33H43FN6O3Si. The van der Waals surface area contributed by atoms with Crippen LogP contribution < -0.4 is 10.6 Å². The Morgan fingerprint density at radius 1 is 1.14 bits per heavy atom. The summed E-state index contributed by atoms with van der Waals surface area (Å²) in [6.45, 7) is 12.1. The Hall–Kier alpha value is -4.09. The van der Waals surface area contributed by atoms with Crippen LogP contribution in [-0.2, 0) is 29.7 Å². The van der Waals surface area contributed by atoms with E-state index in [9.17, 15) is 14.0 Å². The van der Waals surface area contributed by atoms with Gasteiger partial charge in [-0.3, -0.25) is 14.3 Å². The summed E-state index contributed by atoms with van der Waals surface area (Å²) >= 11 is 0. The van der Waals surface area contributed by atoms with E-state index >= 15 is 0 Å². The summed E-state index contributed by atoms with van der Waals surface area (Å²) in [5, 5.41) is 14.7. The number of aromatic nitrogens is 4. The Kier molecular flexibility index (Phi) is 9.17. The number of carbonyl (C=O) groups is 2. The van der Waals surface area contributed by atoms with E-state index in [2.05, 4.69) is 35.4 Å².